The maximum atomic E-state index is 13.0. The van der Waals surface area contributed by atoms with Crippen LogP contribution in [0.2, 0.25) is 0 Å². The van der Waals surface area contributed by atoms with Gasteiger partial charge in [0.05, 0.1) is 39.9 Å². The molecule has 0 rings (SSSR count). The summed E-state index contributed by atoms with van der Waals surface area (Å²) in [5.41, 5.74) is 0. The summed E-state index contributed by atoms with van der Waals surface area (Å²) in [6.45, 7) is 4.84. The third-order valence-electron chi connectivity index (χ3n) is 15.3. The van der Waals surface area contributed by atoms with Gasteiger partial charge in [0.1, 0.15) is 13.2 Å². The lowest BCUT2D eigenvalue weighted by molar-refractivity contribution is -0.870. The van der Waals surface area contributed by atoms with Crippen LogP contribution in [0.3, 0.4) is 0 Å². The molecule has 0 aliphatic rings. The zero-order valence-electron chi connectivity index (χ0n) is 51.5. The quantitative estimate of drug-likeness (QED) is 0.0243. The normalized spacial score (nSPS) is 13.9. The van der Waals surface area contributed by atoms with Crippen LogP contribution in [0.5, 0.6) is 0 Å². The van der Waals surface area contributed by atoms with Crippen LogP contribution in [0.4, 0.5) is 0 Å². The van der Waals surface area contributed by atoms with Gasteiger partial charge in [-0.25, -0.2) is 4.57 Å². The number of phosphoric ester groups is 1. The first-order valence-corrected chi connectivity index (χ1v) is 34.9. The lowest BCUT2D eigenvalue weighted by Crippen LogP contribution is -2.45. The van der Waals surface area contributed by atoms with Crippen molar-refractivity contribution in [3.05, 3.63) is 36.5 Å². The van der Waals surface area contributed by atoms with Crippen LogP contribution in [-0.4, -0.2) is 73.4 Å². The average molecular weight is 1090 g/mol. The van der Waals surface area contributed by atoms with Gasteiger partial charge >= 0.3 is 7.82 Å². The van der Waals surface area contributed by atoms with E-state index in [2.05, 4.69) is 43.5 Å². The molecule has 9 heteroatoms. The van der Waals surface area contributed by atoms with Gasteiger partial charge in [-0.1, -0.05) is 320 Å². The highest BCUT2D eigenvalue weighted by atomic mass is 31.2. The van der Waals surface area contributed by atoms with Gasteiger partial charge in [-0.05, 0) is 44.9 Å². The van der Waals surface area contributed by atoms with Crippen molar-refractivity contribution in [1.82, 2.24) is 5.32 Å². The zero-order chi connectivity index (χ0) is 55.6. The summed E-state index contributed by atoms with van der Waals surface area (Å²) < 4.78 is 23.8. The molecule has 0 saturated carbocycles. The lowest BCUT2D eigenvalue weighted by atomic mass is 10.0. The monoisotopic (exact) mass is 1090 g/mol. The SMILES string of the molecule is CCCCCCCCCCCCCCCCCCCCC/C=C/CC/C=C/CC/C=C/C(O)C(COP(=O)(O)OCC[N+](C)(C)C)NC(=O)CCCCCCCCCCCCCCCCCCCCCCCCCCC. The number of carbonyl (C=O) groups excluding carboxylic acids is 1. The molecule has 0 spiro atoms. The summed E-state index contributed by atoms with van der Waals surface area (Å²) >= 11 is 0. The fourth-order valence-corrected chi connectivity index (χ4v) is 10.9. The molecule has 3 unspecified atom stereocenters. The first-order chi connectivity index (χ1) is 37.0. The third kappa shape index (κ3) is 60.4. The molecule has 0 aliphatic carbocycles. The summed E-state index contributed by atoms with van der Waals surface area (Å²) in [6.07, 6.45) is 77.2. The topological polar surface area (TPSA) is 105 Å². The molecule has 0 aromatic rings. The molecule has 0 saturated heterocycles. The number of aliphatic hydroxyl groups excluding tert-OH is 1. The van der Waals surface area contributed by atoms with Crippen molar-refractivity contribution in [3.8, 4) is 0 Å². The van der Waals surface area contributed by atoms with Crippen molar-refractivity contribution in [2.75, 3.05) is 40.9 Å². The van der Waals surface area contributed by atoms with Crippen LogP contribution in [0.1, 0.15) is 335 Å². The number of nitrogens with zero attached hydrogens (tertiary/aromatic N) is 1. The number of quaternary nitrogens is 1. The van der Waals surface area contributed by atoms with Gasteiger partial charge in [-0.3, -0.25) is 13.8 Å². The van der Waals surface area contributed by atoms with Gasteiger partial charge in [0, 0.05) is 6.42 Å². The molecule has 3 atom stereocenters. The summed E-state index contributed by atoms with van der Waals surface area (Å²) in [6, 6.07) is -0.869. The Labute approximate surface area is 474 Å². The van der Waals surface area contributed by atoms with Gasteiger partial charge in [0.2, 0.25) is 5.91 Å². The second-order valence-corrected chi connectivity index (χ2v) is 25.6. The molecule has 0 aromatic carbocycles. The van der Waals surface area contributed by atoms with E-state index in [1.54, 1.807) is 6.08 Å². The largest absolute Gasteiger partial charge is 0.472 e. The van der Waals surface area contributed by atoms with Crippen molar-refractivity contribution in [2.45, 2.75) is 347 Å². The van der Waals surface area contributed by atoms with Gasteiger partial charge in [0.25, 0.3) is 0 Å². The maximum Gasteiger partial charge on any atom is 0.472 e. The minimum Gasteiger partial charge on any atom is -0.387 e. The predicted octanol–water partition coefficient (Wildman–Crippen LogP) is 20.9. The summed E-state index contributed by atoms with van der Waals surface area (Å²) in [5, 5.41) is 14.0. The van der Waals surface area contributed by atoms with E-state index in [0.29, 0.717) is 17.4 Å². The van der Waals surface area contributed by atoms with Gasteiger partial charge in [0.15, 0.2) is 0 Å². The molecule has 0 heterocycles. The Hall–Kier alpha value is -1.28. The van der Waals surface area contributed by atoms with E-state index in [1.807, 2.05) is 27.2 Å². The Kier molecular flexibility index (Phi) is 57.4. The predicted molar refractivity (Wildman–Crippen MR) is 332 cm³/mol. The fourth-order valence-electron chi connectivity index (χ4n) is 10.1. The molecule has 0 fully saturated rings. The number of nitrogens with one attached hydrogen (secondary N) is 1. The fraction of sp³-hybridized carbons (Fsp3) is 0.896. The molecular weight excluding hydrogens is 960 g/mol. The highest BCUT2D eigenvalue weighted by Gasteiger charge is 2.28. The molecular formula is C67H132N2O6P+. The number of allylic oxidation sites excluding steroid dienone is 5. The van der Waals surface area contributed by atoms with Crippen molar-refractivity contribution in [1.29, 1.82) is 0 Å². The van der Waals surface area contributed by atoms with Gasteiger partial charge < -0.3 is 19.8 Å². The second-order valence-electron chi connectivity index (χ2n) is 24.2. The molecule has 8 nitrogen and oxygen atoms in total. The number of unbranched alkanes of at least 4 members (excludes halogenated alkanes) is 45. The Morgan fingerprint density at radius 2 is 0.724 bits per heavy atom. The number of rotatable bonds is 62. The summed E-state index contributed by atoms with van der Waals surface area (Å²) in [4.78, 5) is 23.4. The van der Waals surface area contributed by atoms with Crippen molar-refractivity contribution < 1.29 is 32.9 Å². The van der Waals surface area contributed by atoms with Crippen LogP contribution >= 0.6 is 7.82 Å². The summed E-state index contributed by atoms with van der Waals surface area (Å²) in [5.74, 6) is -0.184. The Bertz CT molecular complexity index is 1330. The first kappa shape index (κ1) is 74.7. The minimum atomic E-state index is -4.36. The van der Waals surface area contributed by atoms with E-state index in [1.165, 1.54) is 270 Å². The Morgan fingerprint density at radius 3 is 1.05 bits per heavy atom. The third-order valence-corrected chi connectivity index (χ3v) is 16.3. The van der Waals surface area contributed by atoms with Crippen LogP contribution in [0.25, 0.3) is 0 Å². The average Bonchev–Trinajstić information content (AvgIpc) is 3.38. The molecule has 450 valence electrons. The van der Waals surface area contributed by atoms with E-state index in [0.717, 1.165) is 44.9 Å². The number of likely N-dealkylation sites (N-methyl/N-ethyl adjacent to an activating group) is 1. The number of hydrogen-bond acceptors (Lipinski definition) is 5. The molecule has 0 radical (unpaired) electrons. The Balaban J connectivity index is 4.15. The highest BCUT2D eigenvalue weighted by Crippen LogP contribution is 2.43. The van der Waals surface area contributed by atoms with Crippen LogP contribution in [-0.2, 0) is 18.4 Å². The second kappa shape index (κ2) is 58.4. The molecule has 76 heavy (non-hydrogen) atoms. The van der Waals surface area contributed by atoms with Crippen molar-refractivity contribution in [2.24, 2.45) is 0 Å². The van der Waals surface area contributed by atoms with Crippen molar-refractivity contribution in [3.63, 3.8) is 0 Å². The minimum absolute atomic E-state index is 0.0554. The lowest BCUT2D eigenvalue weighted by Gasteiger charge is -2.25. The first-order valence-electron chi connectivity index (χ1n) is 33.4. The highest BCUT2D eigenvalue weighted by molar-refractivity contribution is 7.47. The van der Waals surface area contributed by atoms with Crippen LogP contribution in [0.15, 0.2) is 36.5 Å². The molecule has 0 aromatic heterocycles. The number of carbonyl (C=O) groups is 1. The maximum absolute atomic E-state index is 13.0. The smallest absolute Gasteiger partial charge is 0.387 e. The number of hydrogen-bond donors (Lipinski definition) is 3. The molecule has 1 amide bonds. The summed E-state index contributed by atoms with van der Waals surface area (Å²) in [7, 11) is 1.56. The molecule has 0 bridgehead atoms. The van der Waals surface area contributed by atoms with E-state index in [4.69, 9.17) is 9.05 Å². The zero-order valence-corrected chi connectivity index (χ0v) is 52.4. The van der Waals surface area contributed by atoms with E-state index >= 15 is 0 Å². The van der Waals surface area contributed by atoms with E-state index in [-0.39, 0.29) is 19.1 Å². The number of phosphoric acid groups is 1. The molecule has 0 aliphatic heterocycles. The van der Waals surface area contributed by atoms with Crippen molar-refractivity contribution >= 4 is 13.7 Å². The Morgan fingerprint density at radius 1 is 0.434 bits per heavy atom. The van der Waals surface area contributed by atoms with E-state index < -0.39 is 20.0 Å². The van der Waals surface area contributed by atoms with Gasteiger partial charge in [-0.2, -0.15) is 0 Å². The van der Waals surface area contributed by atoms with E-state index in [9.17, 15) is 19.4 Å². The van der Waals surface area contributed by atoms with Gasteiger partial charge in [-0.15, -0.1) is 0 Å². The number of aliphatic hydroxyl groups is 1. The van der Waals surface area contributed by atoms with Crippen LogP contribution in [0, 0.1) is 0 Å². The molecule has 3 N–H and O–H groups in total. The van der Waals surface area contributed by atoms with Crippen LogP contribution < -0.4 is 5.32 Å². The number of amides is 1. The standard InChI is InChI=1S/C67H131N2O6P/c1-6-8-10-12-14-16-18-20-22-24-26-28-30-32-33-34-35-37-38-40-42-44-46-48-50-52-54-56-58-60-66(70)65(64-75-76(72,73)74-63-62-69(3,4)5)68-67(71)61-59-57-55-53-51-49-47-45-43-41-39-36-31-29-27-25-23-21-19-17-15-13-11-9-7-2/h42,44,50,52,58,60,65-66,70H,6-41,43,45-49,51,53-57,59,61-64H2,1-5H3,(H-,68,71,72,73)/p+1/b44-42+,52-50+,60-58+.